The SMILES string of the molecule is COCC(C)(C)NS(=O)(=O)c1c[nH]c(CO)c1. The van der Waals surface area contributed by atoms with Gasteiger partial charge in [-0.2, -0.15) is 0 Å². The molecule has 1 heterocycles. The molecule has 1 aromatic rings. The van der Waals surface area contributed by atoms with Gasteiger partial charge < -0.3 is 14.8 Å². The number of methoxy groups -OCH3 is 1. The number of sulfonamides is 1. The van der Waals surface area contributed by atoms with E-state index in [0.29, 0.717) is 5.69 Å². The van der Waals surface area contributed by atoms with Crippen molar-refractivity contribution in [2.45, 2.75) is 30.9 Å². The molecule has 0 aromatic carbocycles. The minimum absolute atomic E-state index is 0.103. The molecule has 17 heavy (non-hydrogen) atoms. The van der Waals surface area contributed by atoms with Crippen LogP contribution < -0.4 is 4.72 Å². The summed E-state index contributed by atoms with van der Waals surface area (Å²) in [7, 11) is -2.09. The number of aromatic nitrogens is 1. The summed E-state index contributed by atoms with van der Waals surface area (Å²) < 4.78 is 31.4. The van der Waals surface area contributed by atoms with Gasteiger partial charge in [0.05, 0.1) is 23.6 Å². The van der Waals surface area contributed by atoms with Crippen molar-refractivity contribution in [1.29, 1.82) is 0 Å². The van der Waals surface area contributed by atoms with E-state index in [0.717, 1.165) is 0 Å². The Bertz CT molecular complexity index is 464. The summed E-state index contributed by atoms with van der Waals surface area (Å²) in [5.41, 5.74) is -0.237. The fourth-order valence-electron chi connectivity index (χ4n) is 1.48. The molecule has 0 unspecified atom stereocenters. The van der Waals surface area contributed by atoms with Crippen LogP contribution in [0.1, 0.15) is 19.5 Å². The molecule has 6 nitrogen and oxygen atoms in total. The van der Waals surface area contributed by atoms with Crippen molar-refractivity contribution in [3.63, 3.8) is 0 Å². The van der Waals surface area contributed by atoms with Crippen molar-refractivity contribution in [3.05, 3.63) is 18.0 Å². The average molecular weight is 262 g/mol. The Balaban J connectivity index is 2.88. The van der Waals surface area contributed by atoms with Gasteiger partial charge in [-0.05, 0) is 19.9 Å². The van der Waals surface area contributed by atoms with Crippen LogP contribution in [0.15, 0.2) is 17.2 Å². The second-order valence-electron chi connectivity index (χ2n) is 4.44. The fourth-order valence-corrected chi connectivity index (χ4v) is 2.89. The number of aliphatic hydroxyl groups excluding tert-OH is 1. The van der Waals surface area contributed by atoms with E-state index in [2.05, 4.69) is 9.71 Å². The summed E-state index contributed by atoms with van der Waals surface area (Å²) in [4.78, 5) is 2.78. The molecule has 0 aliphatic rings. The third kappa shape index (κ3) is 3.81. The van der Waals surface area contributed by atoms with E-state index in [1.165, 1.54) is 19.4 Å². The maximum atomic E-state index is 12.0. The number of H-pyrrole nitrogens is 1. The standard InChI is InChI=1S/C10H18N2O4S/c1-10(2,7-16-3)12-17(14,15)9-4-8(6-13)11-5-9/h4-5,11-13H,6-7H2,1-3H3. The molecular weight excluding hydrogens is 244 g/mol. The molecule has 0 amide bonds. The number of hydrogen-bond donors (Lipinski definition) is 3. The number of nitrogens with one attached hydrogen (secondary N) is 2. The maximum absolute atomic E-state index is 12.0. The predicted molar refractivity (Wildman–Crippen MR) is 63.0 cm³/mol. The molecule has 0 atom stereocenters. The molecule has 0 bridgehead atoms. The number of hydrogen-bond acceptors (Lipinski definition) is 4. The van der Waals surface area contributed by atoms with Gasteiger partial charge >= 0.3 is 0 Å². The lowest BCUT2D eigenvalue weighted by Gasteiger charge is -2.24. The van der Waals surface area contributed by atoms with E-state index in [-0.39, 0.29) is 18.1 Å². The molecule has 1 rings (SSSR count). The van der Waals surface area contributed by atoms with E-state index in [4.69, 9.17) is 9.84 Å². The molecule has 3 N–H and O–H groups in total. The Labute approximate surface area is 101 Å². The van der Waals surface area contributed by atoms with Crippen LogP contribution in [0.2, 0.25) is 0 Å². The zero-order valence-corrected chi connectivity index (χ0v) is 11.0. The van der Waals surface area contributed by atoms with Gasteiger partial charge in [-0.25, -0.2) is 13.1 Å². The van der Waals surface area contributed by atoms with E-state index in [9.17, 15) is 8.42 Å². The van der Waals surface area contributed by atoms with Gasteiger partial charge in [0, 0.05) is 19.0 Å². The normalized spacial score (nSPS) is 12.9. The van der Waals surface area contributed by atoms with Gasteiger partial charge in [-0.15, -0.1) is 0 Å². The third-order valence-electron chi connectivity index (χ3n) is 2.11. The topological polar surface area (TPSA) is 91.4 Å². The minimum atomic E-state index is -3.60. The number of rotatable bonds is 6. The summed E-state index contributed by atoms with van der Waals surface area (Å²) in [6, 6.07) is 1.39. The summed E-state index contributed by atoms with van der Waals surface area (Å²) in [5, 5.41) is 8.87. The zero-order valence-electron chi connectivity index (χ0n) is 10.1. The molecule has 0 aliphatic heterocycles. The summed E-state index contributed by atoms with van der Waals surface area (Å²) in [6.45, 7) is 3.50. The molecule has 0 spiro atoms. The van der Waals surface area contributed by atoms with E-state index >= 15 is 0 Å². The minimum Gasteiger partial charge on any atom is -0.390 e. The quantitative estimate of drug-likeness (QED) is 0.683. The second-order valence-corrected chi connectivity index (χ2v) is 6.12. The Morgan fingerprint density at radius 3 is 2.65 bits per heavy atom. The van der Waals surface area contributed by atoms with Crippen LogP contribution in [0.3, 0.4) is 0 Å². The van der Waals surface area contributed by atoms with Crippen molar-refractivity contribution in [3.8, 4) is 0 Å². The van der Waals surface area contributed by atoms with Crippen LogP contribution in [0.25, 0.3) is 0 Å². The van der Waals surface area contributed by atoms with Gasteiger partial charge in [-0.3, -0.25) is 0 Å². The van der Waals surface area contributed by atoms with Crippen LogP contribution in [0.5, 0.6) is 0 Å². The van der Waals surface area contributed by atoms with Gasteiger partial charge in [0.25, 0.3) is 0 Å². The van der Waals surface area contributed by atoms with Crippen molar-refractivity contribution in [2.75, 3.05) is 13.7 Å². The van der Waals surface area contributed by atoms with Gasteiger partial charge in [0.1, 0.15) is 0 Å². The average Bonchev–Trinajstić information content (AvgIpc) is 2.64. The first-order chi connectivity index (χ1) is 7.80. The molecule has 7 heteroatoms. The Morgan fingerprint density at radius 2 is 2.18 bits per heavy atom. The lowest BCUT2D eigenvalue weighted by Crippen LogP contribution is -2.46. The Morgan fingerprint density at radius 1 is 1.53 bits per heavy atom. The van der Waals surface area contributed by atoms with Gasteiger partial charge in [0.15, 0.2) is 0 Å². The molecular formula is C10H18N2O4S. The number of ether oxygens (including phenoxy) is 1. The Kier molecular flexibility index (Phi) is 4.31. The largest absolute Gasteiger partial charge is 0.390 e. The molecule has 0 aliphatic carbocycles. The first-order valence-electron chi connectivity index (χ1n) is 5.12. The summed E-state index contributed by atoms with van der Waals surface area (Å²) in [6.07, 6.45) is 1.34. The highest BCUT2D eigenvalue weighted by Gasteiger charge is 2.26. The smallest absolute Gasteiger partial charge is 0.242 e. The highest BCUT2D eigenvalue weighted by molar-refractivity contribution is 7.89. The molecule has 0 fully saturated rings. The predicted octanol–water partition coefficient (Wildman–Crippen LogP) is 0.210. The molecule has 0 radical (unpaired) electrons. The lowest BCUT2D eigenvalue weighted by molar-refractivity contribution is 0.141. The monoisotopic (exact) mass is 262 g/mol. The van der Waals surface area contributed by atoms with Crippen LogP contribution in [-0.2, 0) is 21.4 Å². The number of aliphatic hydroxyl groups is 1. The Hall–Kier alpha value is -0.890. The van der Waals surface area contributed by atoms with Crippen LogP contribution in [0.4, 0.5) is 0 Å². The van der Waals surface area contributed by atoms with Crippen LogP contribution in [-0.4, -0.2) is 37.8 Å². The van der Waals surface area contributed by atoms with Gasteiger partial charge in [-0.1, -0.05) is 0 Å². The van der Waals surface area contributed by atoms with Crippen molar-refractivity contribution in [1.82, 2.24) is 9.71 Å². The highest BCUT2D eigenvalue weighted by Crippen LogP contribution is 2.14. The van der Waals surface area contributed by atoms with E-state index < -0.39 is 15.6 Å². The van der Waals surface area contributed by atoms with Gasteiger partial charge in [0.2, 0.25) is 10.0 Å². The molecule has 98 valence electrons. The van der Waals surface area contributed by atoms with Crippen molar-refractivity contribution >= 4 is 10.0 Å². The summed E-state index contributed by atoms with van der Waals surface area (Å²) in [5.74, 6) is 0. The number of aromatic amines is 1. The maximum Gasteiger partial charge on any atom is 0.242 e. The third-order valence-corrected chi connectivity index (χ3v) is 3.79. The lowest BCUT2D eigenvalue weighted by atomic mass is 10.1. The zero-order chi connectivity index (χ0) is 13.1. The van der Waals surface area contributed by atoms with Crippen molar-refractivity contribution < 1.29 is 18.3 Å². The molecule has 0 saturated heterocycles. The summed E-state index contributed by atoms with van der Waals surface area (Å²) >= 11 is 0. The molecule has 0 saturated carbocycles. The first-order valence-corrected chi connectivity index (χ1v) is 6.60. The second kappa shape index (κ2) is 5.18. The van der Waals surface area contributed by atoms with Crippen LogP contribution in [0, 0.1) is 0 Å². The van der Waals surface area contributed by atoms with Crippen molar-refractivity contribution in [2.24, 2.45) is 0 Å². The van der Waals surface area contributed by atoms with E-state index in [1.54, 1.807) is 13.8 Å². The fraction of sp³-hybridized carbons (Fsp3) is 0.600. The molecule has 1 aromatic heterocycles. The van der Waals surface area contributed by atoms with E-state index in [1.807, 2.05) is 0 Å². The first kappa shape index (κ1) is 14.2. The van der Waals surface area contributed by atoms with Crippen LogP contribution >= 0.6 is 0 Å². The highest BCUT2D eigenvalue weighted by atomic mass is 32.2.